The molecule has 0 aromatic rings. The van der Waals surface area contributed by atoms with Gasteiger partial charge in [0.15, 0.2) is 0 Å². The van der Waals surface area contributed by atoms with Crippen molar-refractivity contribution in [3.8, 4) is 0 Å². The molecule has 1 amide bonds. The lowest BCUT2D eigenvalue weighted by Gasteiger charge is -2.26. The van der Waals surface area contributed by atoms with E-state index in [2.05, 4.69) is 79.9 Å². The second-order valence-corrected chi connectivity index (χ2v) is 21.0. The second-order valence-electron chi connectivity index (χ2n) is 19.6. The van der Waals surface area contributed by atoms with Gasteiger partial charge in [0.05, 0.1) is 39.9 Å². The van der Waals surface area contributed by atoms with Crippen molar-refractivity contribution < 1.29 is 32.9 Å². The van der Waals surface area contributed by atoms with Crippen molar-refractivity contribution in [2.45, 2.75) is 251 Å². The molecule has 0 aliphatic heterocycles. The molecule has 380 valence electrons. The molecule has 0 aliphatic rings. The van der Waals surface area contributed by atoms with Crippen LogP contribution < -0.4 is 5.32 Å². The van der Waals surface area contributed by atoms with E-state index in [0.29, 0.717) is 23.9 Å². The van der Waals surface area contributed by atoms with Crippen molar-refractivity contribution >= 4 is 13.7 Å². The molecular weight excluding hydrogens is 828 g/mol. The van der Waals surface area contributed by atoms with E-state index < -0.39 is 20.0 Å². The first-order valence-corrected chi connectivity index (χ1v) is 28.6. The number of phosphoric acid groups is 1. The molecule has 3 atom stereocenters. The van der Waals surface area contributed by atoms with Crippen LogP contribution in [-0.2, 0) is 18.4 Å². The summed E-state index contributed by atoms with van der Waals surface area (Å²) in [5.74, 6) is -0.148. The van der Waals surface area contributed by atoms with Crippen LogP contribution in [0, 0.1) is 0 Å². The predicted octanol–water partition coefficient (Wildman–Crippen LogP) is 16.1. The molecule has 0 saturated heterocycles. The van der Waals surface area contributed by atoms with Crippen LogP contribution in [0.15, 0.2) is 60.8 Å². The summed E-state index contributed by atoms with van der Waals surface area (Å²) in [6.07, 6.45) is 62.6. The molecule has 0 bridgehead atoms. The van der Waals surface area contributed by atoms with Gasteiger partial charge in [-0.05, 0) is 57.8 Å². The van der Waals surface area contributed by atoms with Crippen LogP contribution in [-0.4, -0.2) is 73.4 Å². The van der Waals surface area contributed by atoms with Crippen LogP contribution in [0.5, 0.6) is 0 Å². The summed E-state index contributed by atoms with van der Waals surface area (Å²) < 4.78 is 23.7. The molecule has 0 saturated carbocycles. The number of likely N-dealkylation sites (N-methyl/N-ethyl adjacent to an activating group) is 1. The number of carbonyl (C=O) groups excluding carboxylic acids is 1. The molecule has 8 nitrogen and oxygen atoms in total. The maximum atomic E-state index is 13.0. The Morgan fingerprint density at radius 1 is 0.538 bits per heavy atom. The van der Waals surface area contributed by atoms with Crippen molar-refractivity contribution in [3.05, 3.63) is 60.8 Å². The fourth-order valence-electron chi connectivity index (χ4n) is 7.78. The lowest BCUT2D eigenvalue weighted by atomic mass is 10.0. The van der Waals surface area contributed by atoms with Gasteiger partial charge in [0.2, 0.25) is 5.91 Å². The third-order valence-electron chi connectivity index (χ3n) is 12.0. The average Bonchev–Trinajstić information content (AvgIpc) is 3.26. The monoisotopic (exact) mass is 934 g/mol. The Morgan fingerprint density at radius 2 is 0.923 bits per heavy atom. The first-order valence-electron chi connectivity index (χ1n) is 27.2. The molecule has 0 spiro atoms. The van der Waals surface area contributed by atoms with Gasteiger partial charge in [-0.1, -0.05) is 235 Å². The summed E-state index contributed by atoms with van der Waals surface area (Å²) in [6.45, 7) is 4.78. The number of aliphatic hydroxyl groups excluding tert-OH is 1. The Bertz CT molecular complexity index is 1240. The van der Waals surface area contributed by atoms with Crippen LogP contribution in [0.2, 0.25) is 0 Å². The molecule has 0 aliphatic carbocycles. The van der Waals surface area contributed by atoms with Gasteiger partial charge in [-0.15, -0.1) is 0 Å². The van der Waals surface area contributed by atoms with Crippen molar-refractivity contribution in [2.24, 2.45) is 0 Å². The highest BCUT2D eigenvalue weighted by atomic mass is 31.2. The minimum Gasteiger partial charge on any atom is -0.391 e. The van der Waals surface area contributed by atoms with E-state index in [4.69, 9.17) is 9.05 Å². The quantitative estimate of drug-likeness (QED) is 0.0243. The Hall–Kier alpha value is -1.80. The summed E-state index contributed by atoms with van der Waals surface area (Å²) in [4.78, 5) is 23.3. The van der Waals surface area contributed by atoms with E-state index in [1.807, 2.05) is 21.1 Å². The lowest BCUT2D eigenvalue weighted by Crippen LogP contribution is -2.46. The molecule has 65 heavy (non-hydrogen) atoms. The van der Waals surface area contributed by atoms with Crippen molar-refractivity contribution in [1.29, 1.82) is 0 Å². The lowest BCUT2D eigenvalue weighted by molar-refractivity contribution is -0.870. The topological polar surface area (TPSA) is 105 Å². The van der Waals surface area contributed by atoms with E-state index >= 15 is 0 Å². The van der Waals surface area contributed by atoms with Gasteiger partial charge in [0.1, 0.15) is 13.2 Å². The van der Waals surface area contributed by atoms with Crippen molar-refractivity contribution in [2.75, 3.05) is 40.9 Å². The summed E-state index contributed by atoms with van der Waals surface area (Å²) in [5, 5.41) is 14.0. The molecule has 0 heterocycles. The fourth-order valence-corrected chi connectivity index (χ4v) is 8.52. The predicted molar refractivity (Wildman–Crippen MR) is 281 cm³/mol. The summed E-state index contributed by atoms with van der Waals surface area (Å²) in [6, 6.07) is -0.764. The highest BCUT2D eigenvalue weighted by Crippen LogP contribution is 2.43. The molecular formula is C56H106N2O6P+. The number of rotatable bonds is 49. The highest BCUT2D eigenvalue weighted by molar-refractivity contribution is 7.47. The summed E-state index contributed by atoms with van der Waals surface area (Å²) >= 11 is 0. The minimum absolute atomic E-state index is 0.0725. The highest BCUT2D eigenvalue weighted by Gasteiger charge is 2.28. The van der Waals surface area contributed by atoms with Gasteiger partial charge >= 0.3 is 7.82 Å². The minimum atomic E-state index is -4.32. The average molecular weight is 934 g/mol. The molecule has 3 N–H and O–H groups in total. The number of quaternary nitrogens is 1. The van der Waals surface area contributed by atoms with Gasteiger partial charge in [0.25, 0.3) is 0 Å². The van der Waals surface area contributed by atoms with Gasteiger partial charge < -0.3 is 19.8 Å². The molecule has 0 rings (SSSR count). The number of unbranched alkanes of at least 4 members (excludes halogenated alkanes) is 26. The number of nitrogens with zero attached hydrogens (tertiary/aromatic N) is 1. The number of amides is 1. The van der Waals surface area contributed by atoms with Gasteiger partial charge in [-0.2, -0.15) is 0 Å². The summed E-state index contributed by atoms with van der Waals surface area (Å²) in [7, 11) is 1.61. The molecule has 0 aromatic carbocycles. The van der Waals surface area contributed by atoms with Crippen molar-refractivity contribution in [1.82, 2.24) is 5.32 Å². The molecule has 0 aromatic heterocycles. The van der Waals surface area contributed by atoms with E-state index in [1.54, 1.807) is 0 Å². The Balaban J connectivity index is 4.19. The van der Waals surface area contributed by atoms with Crippen LogP contribution in [0.3, 0.4) is 0 Å². The second kappa shape index (κ2) is 47.3. The fraction of sp³-hybridized carbons (Fsp3) is 0.804. The zero-order valence-electron chi connectivity index (χ0n) is 43.2. The SMILES string of the molecule is CC/C=C\C/C=C\C/C=C\C/C=C\C/C=C\CCCCCCCCCCCCCC(=O)NC(COP(=O)(O)OCC[N+](C)(C)C)C(O)CCCCCCCCCCCCCCCCCC. The Morgan fingerprint density at radius 3 is 1.35 bits per heavy atom. The van der Waals surface area contributed by atoms with E-state index in [9.17, 15) is 19.4 Å². The van der Waals surface area contributed by atoms with Crippen LogP contribution >= 0.6 is 7.82 Å². The van der Waals surface area contributed by atoms with E-state index in [-0.39, 0.29) is 19.1 Å². The standard InChI is InChI=1S/C56H105N2O6P/c1-6-8-10-12-14-16-18-20-22-24-25-26-27-28-29-30-31-32-33-34-36-38-40-42-44-46-48-50-56(60)57-54(53-64-65(61,62)63-52-51-58(3,4)5)55(59)49-47-45-43-41-39-37-35-23-21-19-17-15-13-11-9-7-2/h8,10,14,16,20,22,25-26,28-29,54-55,59H,6-7,9,11-13,15,17-19,21,23-24,27,30-53H2,1-5H3,(H-,57,60,61,62)/p+1/b10-8-,16-14-,22-20-,26-25-,29-28-. The summed E-state index contributed by atoms with van der Waals surface area (Å²) in [5.41, 5.74) is 0. The number of hydrogen-bond acceptors (Lipinski definition) is 5. The van der Waals surface area contributed by atoms with Gasteiger partial charge in [0, 0.05) is 6.42 Å². The number of phosphoric ester groups is 1. The van der Waals surface area contributed by atoms with Gasteiger partial charge in [-0.3, -0.25) is 13.8 Å². The Kier molecular flexibility index (Phi) is 46.0. The number of nitrogens with one attached hydrogen (secondary N) is 1. The van der Waals surface area contributed by atoms with E-state index in [1.165, 1.54) is 141 Å². The van der Waals surface area contributed by atoms with Crippen molar-refractivity contribution in [3.63, 3.8) is 0 Å². The smallest absolute Gasteiger partial charge is 0.391 e. The number of hydrogen-bond donors (Lipinski definition) is 3. The van der Waals surface area contributed by atoms with Crippen LogP contribution in [0.1, 0.15) is 239 Å². The number of aliphatic hydroxyl groups is 1. The van der Waals surface area contributed by atoms with Gasteiger partial charge in [-0.25, -0.2) is 4.57 Å². The number of allylic oxidation sites excluding steroid dienone is 10. The maximum Gasteiger partial charge on any atom is 0.472 e. The first kappa shape index (κ1) is 63.2. The maximum absolute atomic E-state index is 13.0. The molecule has 9 heteroatoms. The molecule has 0 fully saturated rings. The third-order valence-corrected chi connectivity index (χ3v) is 13.0. The Labute approximate surface area is 402 Å². The van der Waals surface area contributed by atoms with Crippen LogP contribution in [0.4, 0.5) is 0 Å². The third kappa shape index (κ3) is 49.9. The van der Waals surface area contributed by atoms with E-state index in [0.717, 1.165) is 70.6 Å². The normalized spacial score (nSPS) is 14.5. The molecule has 3 unspecified atom stereocenters. The largest absolute Gasteiger partial charge is 0.472 e. The zero-order chi connectivity index (χ0) is 47.8. The molecule has 0 radical (unpaired) electrons. The number of carbonyl (C=O) groups is 1. The zero-order valence-corrected chi connectivity index (χ0v) is 44.1. The van der Waals surface area contributed by atoms with Crippen LogP contribution in [0.25, 0.3) is 0 Å². The first-order chi connectivity index (χ1) is 31.5.